The normalized spacial score (nSPS) is 11.1. The van der Waals surface area contributed by atoms with E-state index in [0.29, 0.717) is 6.54 Å². The maximum atomic E-state index is 4.78. The Labute approximate surface area is 181 Å². The van der Waals surface area contributed by atoms with Gasteiger partial charge >= 0.3 is 0 Å². The number of aryl methyl sites for hydroxylation is 1. The van der Waals surface area contributed by atoms with Crippen LogP contribution in [0.2, 0.25) is 0 Å². The second-order valence-electron chi connectivity index (χ2n) is 6.14. The molecule has 0 fully saturated rings. The van der Waals surface area contributed by atoms with Crippen LogP contribution in [0.15, 0.2) is 52.8 Å². The zero-order valence-electron chi connectivity index (χ0n) is 15.8. The number of guanidine groups is 1. The van der Waals surface area contributed by atoms with Crippen LogP contribution in [-0.4, -0.2) is 32.7 Å². The monoisotopic (exact) mass is 496 g/mol. The topological polar surface area (TPSA) is 58.3 Å². The third-order valence-corrected chi connectivity index (χ3v) is 5.05. The number of halogens is 1. The predicted octanol–water partition coefficient (Wildman–Crippen LogP) is 3.58. The van der Waals surface area contributed by atoms with Gasteiger partial charge in [0.1, 0.15) is 12.4 Å². The van der Waals surface area contributed by atoms with Gasteiger partial charge in [-0.05, 0) is 23.9 Å². The smallest absolute Gasteiger partial charge is 0.194 e. The highest BCUT2D eigenvalue weighted by atomic mass is 127. The standard InChI is InChI=1S/C19H24N6S.HI/c1-15-22-23-18(25(15)3)13-21-19(20-12-17-10-7-11-26-17)24(2)14-16-8-5-4-6-9-16;/h4-11H,12-14H2,1-3H3,(H,20,21);1H. The molecule has 1 N–H and O–H groups in total. The van der Waals surface area contributed by atoms with E-state index in [1.165, 1.54) is 10.4 Å². The van der Waals surface area contributed by atoms with Gasteiger partial charge in [-0.1, -0.05) is 36.4 Å². The quantitative estimate of drug-likeness (QED) is 0.322. The molecule has 0 amide bonds. The van der Waals surface area contributed by atoms with Crippen molar-refractivity contribution in [2.75, 3.05) is 7.05 Å². The summed E-state index contributed by atoms with van der Waals surface area (Å²) < 4.78 is 1.97. The van der Waals surface area contributed by atoms with Gasteiger partial charge in [-0.15, -0.1) is 45.5 Å². The summed E-state index contributed by atoms with van der Waals surface area (Å²) in [5.74, 6) is 2.59. The van der Waals surface area contributed by atoms with Crippen molar-refractivity contribution in [3.63, 3.8) is 0 Å². The highest BCUT2D eigenvalue weighted by molar-refractivity contribution is 14.0. The molecule has 3 aromatic rings. The molecule has 0 radical (unpaired) electrons. The molecule has 2 aromatic heterocycles. The zero-order chi connectivity index (χ0) is 18.4. The van der Waals surface area contributed by atoms with Gasteiger partial charge in [0.25, 0.3) is 0 Å². The van der Waals surface area contributed by atoms with Crippen molar-refractivity contribution in [3.05, 3.63) is 69.9 Å². The van der Waals surface area contributed by atoms with E-state index in [2.05, 4.69) is 69.2 Å². The van der Waals surface area contributed by atoms with Crippen LogP contribution in [0.1, 0.15) is 22.1 Å². The van der Waals surface area contributed by atoms with Gasteiger partial charge in [-0.2, -0.15) is 0 Å². The van der Waals surface area contributed by atoms with Gasteiger partial charge < -0.3 is 14.8 Å². The average molecular weight is 496 g/mol. The van der Waals surface area contributed by atoms with Crippen molar-refractivity contribution in [2.45, 2.75) is 26.6 Å². The number of benzene rings is 1. The van der Waals surface area contributed by atoms with E-state index in [1.807, 2.05) is 24.6 Å². The number of thiophene rings is 1. The van der Waals surface area contributed by atoms with Gasteiger partial charge in [-0.3, -0.25) is 0 Å². The molecule has 0 aliphatic heterocycles. The maximum Gasteiger partial charge on any atom is 0.194 e. The summed E-state index contributed by atoms with van der Waals surface area (Å²) in [5.41, 5.74) is 1.25. The van der Waals surface area contributed by atoms with E-state index in [9.17, 15) is 0 Å². The first-order valence-electron chi connectivity index (χ1n) is 8.54. The van der Waals surface area contributed by atoms with Crippen LogP contribution >= 0.6 is 35.3 Å². The lowest BCUT2D eigenvalue weighted by molar-refractivity contribution is 0.474. The zero-order valence-corrected chi connectivity index (χ0v) is 18.9. The SMILES string of the molecule is Cc1nnc(CN=C(NCc2cccs2)N(C)Cc2ccccc2)n1C.I. The molecule has 2 heterocycles. The molecule has 0 unspecified atom stereocenters. The summed E-state index contributed by atoms with van der Waals surface area (Å²) in [7, 11) is 4.02. The average Bonchev–Trinajstić information content (AvgIpc) is 3.27. The lowest BCUT2D eigenvalue weighted by Gasteiger charge is -2.22. The van der Waals surface area contributed by atoms with Crippen molar-refractivity contribution in [1.29, 1.82) is 0 Å². The third kappa shape index (κ3) is 6.03. The fourth-order valence-electron chi connectivity index (χ4n) is 2.56. The fraction of sp³-hybridized carbons (Fsp3) is 0.316. The van der Waals surface area contributed by atoms with Crippen LogP contribution in [-0.2, 0) is 26.7 Å². The molecular weight excluding hydrogens is 471 g/mol. The summed E-state index contributed by atoms with van der Waals surface area (Å²) in [6.45, 7) is 3.98. The summed E-state index contributed by atoms with van der Waals surface area (Å²) >= 11 is 1.74. The maximum absolute atomic E-state index is 4.78. The molecule has 27 heavy (non-hydrogen) atoms. The molecule has 6 nitrogen and oxygen atoms in total. The first kappa shape index (κ1) is 21.4. The second-order valence-corrected chi connectivity index (χ2v) is 7.17. The molecule has 0 aliphatic rings. The van der Waals surface area contributed by atoms with Crippen LogP contribution in [0.25, 0.3) is 0 Å². The number of aromatic nitrogens is 3. The van der Waals surface area contributed by atoms with Crippen molar-refractivity contribution >= 4 is 41.3 Å². The van der Waals surface area contributed by atoms with Crippen molar-refractivity contribution in [1.82, 2.24) is 25.0 Å². The molecule has 8 heteroatoms. The largest absolute Gasteiger partial charge is 0.351 e. The van der Waals surface area contributed by atoms with Gasteiger partial charge in [0.05, 0.1) is 6.54 Å². The van der Waals surface area contributed by atoms with Gasteiger partial charge in [0.15, 0.2) is 11.8 Å². The second kappa shape index (κ2) is 10.4. The van der Waals surface area contributed by atoms with Crippen LogP contribution in [0.3, 0.4) is 0 Å². The molecule has 0 aliphatic carbocycles. The third-order valence-electron chi connectivity index (χ3n) is 4.18. The lowest BCUT2D eigenvalue weighted by atomic mass is 10.2. The molecule has 3 rings (SSSR count). The highest BCUT2D eigenvalue weighted by Gasteiger charge is 2.10. The predicted molar refractivity (Wildman–Crippen MR) is 121 cm³/mol. The van der Waals surface area contributed by atoms with E-state index in [-0.39, 0.29) is 24.0 Å². The molecule has 0 saturated heterocycles. The van der Waals surface area contributed by atoms with E-state index in [0.717, 1.165) is 30.7 Å². The number of hydrogen-bond donors (Lipinski definition) is 1. The number of rotatable bonds is 6. The Morgan fingerprint density at radius 2 is 1.96 bits per heavy atom. The Hall–Kier alpha value is -1.94. The fourth-order valence-corrected chi connectivity index (χ4v) is 3.20. The Morgan fingerprint density at radius 3 is 2.59 bits per heavy atom. The van der Waals surface area contributed by atoms with E-state index >= 15 is 0 Å². The molecule has 1 aromatic carbocycles. The number of aliphatic imine (C=N–C) groups is 1. The van der Waals surface area contributed by atoms with Gasteiger partial charge in [-0.25, -0.2) is 4.99 Å². The minimum absolute atomic E-state index is 0. The van der Waals surface area contributed by atoms with Crippen LogP contribution in [0.4, 0.5) is 0 Å². The van der Waals surface area contributed by atoms with E-state index in [4.69, 9.17) is 4.99 Å². The minimum Gasteiger partial charge on any atom is -0.351 e. The van der Waals surface area contributed by atoms with Gasteiger partial charge in [0.2, 0.25) is 0 Å². The van der Waals surface area contributed by atoms with Crippen molar-refractivity contribution in [2.24, 2.45) is 12.0 Å². The molecule has 0 spiro atoms. The highest BCUT2D eigenvalue weighted by Crippen LogP contribution is 2.09. The lowest BCUT2D eigenvalue weighted by Crippen LogP contribution is -2.38. The van der Waals surface area contributed by atoms with Crippen LogP contribution in [0, 0.1) is 6.92 Å². The van der Waals surface area contributed by atoms with Crippen LogP contribution in [0.5, 0.6) is 0 Å². The summed E-state index contributed by atoms with van der Waals surface area (Å²) in [6.07, 6.45) is 0. The number of hydrogen-bond acceptors (Lipinski definition) is 4. The summed E-state index contributed by atoms with van der Waals surface area (Å²) in [4.78, 5) is 8.19. The Balaban J connectivity index is 0.00000261. The molecule has 0 saturated carbocycles. The summed E-state index contributed by atoms with van der Waals surface area (Å²) in [6, 6.07) is 14.6. The Morgan fingerprint density at radius 1 is 1.19 bits per heavy atom. The molecule has 0 bridgehead atoms. The molecule has 0 atom stereocenters. The number of nitrogens with one attached hydrogen (secondary N) is 1. The Kier molecular flexibility index (Phi) is 8.23. The Bertz CT molecular complexity index is 844. The number of nitrogens with zero attached hydrogens (tertiary/aromatic N) is 5. The first-order valence-corrected chi connectivity index (χ1v) is 9.42. The minimum atomic E-state index is 0. The van der Waals surface area contributed by atoms with Gasteiger partial charge in [0, 0.05) is 25.5 Å². The molecule has 144 valence electrons. The van der Waals surface area contributed by atoms with Crippen molar-refractivity contribution < 1.29 is 0 Å². The summed E-state index contributed by atoms with van der Waals surface area (Å²) in [5, 5.41) is 13.9. The van der Waals surface area contributed by atoms with E-state index < -0.39 is 0 Å². The van der Waals surface area contributed by atoms with E-state index in [1.54, 1.807) is 11.3 Å². The molecular formula is C19H25IN6S. The van der Waals surface area contributed by atoms with Crippen molar-refractivity contribution in [3.8, 4) is 0 Å². The van der Waals surface area contributed by atoms with Crippen LogP contribution < -0.4 is 5.32 Å². The first-order chi connectivity index (χ1) is 12.6.